The fourth-order valence-electron chi connectivity index (χ4n) is 12.8. The minimum Gasteiger partial charge on any atom is -0.392 e. The van der Waals surface area contributed by atoms with E-state index in [1.165, 1.54) is 0 Å². The predicted octanol–water partition coefficient (Wildman–Crippen LogP) is 7.04. The molecule has 0 spiro atoms. The summed E-state index contributed by atoms with van der Waals surface area (Å²) in [5.41, 5.74) is 8.35. The number of piperidine rings is 1. The zero-order valence-electron chi connectivity index (χ0n) is 44.7. The van der Waals surface area contributed by atoms with Crippen molar-refractivity contribution in [1.29, 1.82) is 0 Å². The number of amides is 4. The molecule has 4 amide bonds. The van der Waals surface area contributed by atoms with Gasteiger partial charge >= 0.3 is 0 Å². The molecule has 16 nitrogen and oxygen atoms in total. The number of hydrazone groups is 1. The second-order valence-electron chi connectivity index (χ2n) is 24.0. The number of anilines is 1. The quantitative estimate of drug-likeness (QED) is 0.0692. The van der Waals surface area contributed by atoms with Crippen LogP contribution < -0.4 is 21.4 Å². The number of thiazole rings is 1. The van der Waals surface area contributed by atoms with Crippen LogP contribution in [0.3, 0.4) is 0 Å². The zero-order valence-corrected chi connectivity index (χ0v) is 45.5. The first-order chi connectivity index (χ1) is 36.2. The van der Waals surface area contributed by atoms with Gasteiger partial charge < -0.3 is 36.3 Å². The Labute approximate surface area is 448 Å². The number of hydrogen-bond donors (Lipinski definition) is 5. The molecular formula is C57H75F2N11O5S. The number of fused-ring (bicyclic) bond motifs is 2. The SMILES string of the molecule is Cc1ncsc1-c1ccc([C@H](C)NC(=O)[C@@H]2C[C@@H](O)CN2C[C@@H](NC(=O)CCN2CCC(CCC(=O)N3CC([C@@H](c4ccccc4)n4cc(NC(=O)C5=NNC6C[C@]7(C)[C@H](CC56)C7(F)F)cn4)C3)CC2)C(C)(C)C)cc1. The molecule has 4 aromatic rings. The lowest BCUT2D eigenvalue weighted by Gasteiger charge is -2.44. The molecule has 9 atom stereocenters. The number of carbonyl (C=O) groups excluding carboxylic acids is 4. The van der Waals surface area contributed by atoms with Gasteiger partial charge in [0.1, 0.15) is 5.71 Å². The van der Waals surface area contributed by atoms with E-state index in [2.05, 4.69) is 86.5 Å². The van der Waals surface area contributed by atoms with Crippen LogP contribution in [0, 0.1) is 41.4 Å². The number of halogens is 2. The van der Waals surface area contributed by atoms with Gasteiger partial charge in [0.25, 0.3) is 11.8 Å². The molecule has 2 saturated carbocycles. The maximum Gasteiger partial charge on any atom is 0.272 e. The summed E-state index contributed by atoms with van der Waals surface area (Å²) in [4.78, 5) is 66.1. The van der Waals surface area contributed by atoms with Crippen LogP contribution in [-0.4, -0.2) is 140 Å². The molecule has 19 heteroatoms. The fourth-order valence-corrected chi connectivity index (χ4v) is 13.6. The van der Waals surface area contributed by atoms with Crippen molar-refractivity contribution in [2.75, 3.05) is 51.1 Å². The minimum absolute atomic E-state index is 0.0325. The first-order valence-corrected chi connectivity index (χ1v) is 28.3. The van der Waals surface area contributed by atoms with Crippen molar-refractivity contribution < 1.29 is 33.1 Å². The fraction of sp³-hybridized carbons (Fsp3) is 0.596. The smallest absolute Gasteiger partial charge is 0.272 e. The number of aryl methyl sites for hydroxylation is 1. The number of rotatable bonds is 18. The maximum absolute atomic E-state index is 14.6. The van der Waals surface area contributed by atoms with Gasteiger partial charge in [0.05, 0.1) is 58.2 Å². The van der Waals surface area contributed by atoms with E-state index in [-0.39, 0.29) is 77.7 Å². The number of β-amino-alcohol motifs (C(OH)–C–C–N with tert-alkyl or cyclic N) is 1. The highest BCUT2D eigenvalue weighted by molar-refractivity contribution is 7.13. The van der Waals surface area contributed by atoms with Crippen molar-refractivity contribution in [1.82, 2.24) is 45.5 Å². The van der Waals surface area contributed by atoms with Crippen LogP contribution in [0.2, 0.25) is 0 Å². The number of aromatic nitrogens is 3. The average molecular weight is 1060 g/mol. The van der Waals surface area contributed by atoms with Gasteiger partial charge in [-0.2, -0.15) is 10.2 Å². The van der Waals surface area contributed by atoms with Gasteiger partial charge in [0.15, 0.2) is 0 Å². The number of likely N-dealkylation sites (tertiary alicyclic amines) is 3. The number of aliphatic hydroxyl groups is 1. The molecule has 5 fully saturated rings. The van der Waals surface area contributed by atoms with E-state index < -0.39 is 35.3 Å². The largest absolute Gasteiger partial charge is 0.392 e. The Morgan fingerprint density at radius 3 is 2.39 bits per heavy atom. The van der Waals surface area contributed by atoms with Crippen LogP contribution in [0.5, 0.6) is 0 Å². The van der Waals surface area contributed by atoms with Crippen molar-refractivity contribution in [2.45, 2.75) is 135 Å². The third-order valence-corrected chi connectivity index (χ3v) is 18.8. The molecule has 0 radical (unpaired) electrons. The van der Waals surface area contributed by atoms with Crippen LogP contribution in [0.4, 0.5) is 14.5 Å². The van der Waals surface area contributed by atoms with Crippen molar-refractivity contribution in [3.63, 3.8) is 0 Å². The lowest BCUT2D eigenvalue weighted by atomic mass is 9.77. The van der Waals surface area contributed by atoms with Crippen molar-refractivity contribution in [3.8, 4) is 10.4 Å². The number of benzene rings is 2. The molecule has 2 aromatic heterocycles. The van der Waals surface area contributed by atoms with E-state index in [1.807, 2.05) is 64.2 Å². The normalized spacial score (nSPS) is 26.8. The molecule has 10 rings (SSSR count). The Hall–Kier alpha value is -5.63. The molecule has 6 aliphatic rings. The lowest BCUT2D eigenvalue weighted by Crippen LogP contribution is -2.54. The average Bonchev–Trinajstić information content (AvgIpc) is 4.28. The number of aliphatic hydroxyl groups excluding tert-OH is 1. The van der Waals surface area contributed by atoms with Gasteiger partial charge in [-0.15, -0.1) is 11.3 Å². The van der Waals surface area contributed by atoms with Crippen LogP contribution in [0.15, 0.2) is 77.6 Å². The molecule has 3 saturated heterocycles. The first kappa shape index (κ1) is 53.8. The summed E-state index contributed by atoms with van der Waals surface area (Å²) < 4.78 is 31.0. The monoisotopic (exact) mass is 1060 g/mol. The Bertz CT molecular complexity index is 2770. The topological polar surface area (TPSA) is 189 Å². The number of nitrogens with zero attached hydrogens (tertiary/aromatic N) is 7. The maximum atomic E-state index is 14.6. The first-order valence-electron chi connectivity index (χ1n) is 27.4. The minimum atomic E-state index is -2.71. The summed E-state index contributed by atoms with van der Waals surface area (Å²) in [6, 6.07) is 16.8. The van der Waals surface area contributed by atoms with Crippen molar-refractivity contribution >= 4 is 46.4 Å². The highest BCUT2D eigenvalue weighted by Crippen LogP contribution is 2.73. The van der Waals surface area contributed by atoms with Gasteiger partial charge in [-0.05, 0) is 93.5 Å². The molecule has 408 valence electrons. The molecule has 4 aliphatic heterocycles. The Kier molecular flexibility index (Phi) is 15.3. The Morgan fingerprint density at radius 2 is 1.70 bits per heavy atom. The zero-order chi connectivity index (χ0) is 53.7. The summed E-state index contributed by atoms with van der Waals surface area (Å²) in [6.07, 6.45) is 7.20. The molecule has 5 N–H and O–H groups in total. The lowest BCUT2D eigenvalue weighted by molar-refractivity contribution is -0.139. The Balaban J connectivity index is 0.646. The summed E-state index contributed by atoms with van der Waals surface area (Å²) >= 11 is 1.61. The molecule has 76 heavy (non-hydrogen) atoms. The van der Waals surface area contributed by atoms with E-state index in [4.69, 9.17) is 0 Å². The number of carbonyl (C=O) groups is 4. The van der Waals surface area contributed by atoms with Gasteiger partial charge in [0.2, 0.25) is 17.7 Å². The molecular weight excluding hydrogens is 989 g/mol. The number of hydrogen-bond acceptors (Lipinski definition) is 12. The van der Waals surface area contributed by atoms with Gasteiger partial charge in [-0.3, -0.25) is 28.8 Å². The predicted molar refractivity (Wildman–Crippen MR) is 288 cm³/mol. The van der Waals surface area contributed by atoms with E-state index in [1.54, 1.807) is 30.7 Å². The molecule has 2 aromatic carbocycles. The second kappa shape index (κ2) is 21.7. The summed E-state index contributed by atoms with van der Waals surface area (Å²) in [7, 11) is 0. The van der Waals surface area contributed by atoms with Crippen LogP contribution >= 0.6 is 11.3 Å². The second-order valence-corrected chi connectivity index (χ2v) is 24.8. The number of alkyl halides is 2. The van der Waals surface area contributed by atoms with Crippen molar-refractivity contribution in [3.05, 3.63) is 89.3 Å². The third-order valence-electron chi connectivity index (χ3n) is 17.8. The molecule has 2 aliphatic carbocycles. The molecule has 2 unspecified atom stereocenters. The highest BCUT2D eigenvalue weighted by atomic mass is 32.1. The standard InChI is InChI=1S/C57H75F2N11O5S/c1-34(37-13-15-39(16-14-37)52-35(2)60-33-76-52)62-53(74)45-24-42(71)31-68(45)32-47(55(3,4)5)64-48(72)20-23-67-21-18-36(19-22-67)12-17-49(73)69-28-40(29-69)51(38-10-8-7-9-11-38)70-30-41(27-61-70)63-54(75)50-43-25-46-56(6,57(46,58)59)26-44(43)65-66-50/h7-11,13-16,27,30,33-34,36,40,42-47,51,65,71H,12,17-26,28-29,31-32H2,1-6H3,(H,62,74)(H,63,75)(H,64,72)/t34-,42+,43?,44?,45-,46-,47+,51+,56+/m0/s1. The van der Waals surface area contributed by atoms with Crippen molar-refractivity contribution in [2.24, 2.45) is 39.6 Å². The van der Waals surface area contributed by atoms with E-state index in [0.717, 1.165) is 59.6 Å². The van der Waals surface area contributed by atoms with Crippen LogP contribution in [0.1, 0.15) is 115 Å². The third kappa shape index (κ3) is 11.2. The number of nitrogens with one attached hydrogen (secondary N) is 4. The van der Waals surface area contributed by atoms with Gasteiger partial charge in [0, 0.05) is 81.0 Å². The summed E-state index contributed by atoms with van der Waals surface area (Å²) in [5, 5.41) is 29.1. The van der Waals surface area contributed by atoms with Crippen LogP contribution in [0.25, 0.3) is 10.4 Å². The Morgan fingerprint density at radius 1 is 0.961 bits per heavy atom. The highest BCUT2D eigenvalue weighted by Gasteiger charge is 2.80. The van der Waals surface area contributed by atoms with E-state index in [9.17, 15) is 33.1 Å². The summed E-state index contributed by atoms with van der Waals surface area (Å²) in [5.74, 6) is -3.71. The van der Waals surface area contributed by atoms with Crippen LogP contribution in [-0.2, 0) is 19.2 Å². The molecule has 0 bridgehead atoms. The van der Waals surface area contributed by atoms with E-state index >= 15 is 0 Å². The summed E-state index contributed by atoms with van der Waals surface area (Å²) in [6.45, 7) is 16.2. The molecule has 6 heterocycles. The van der Waals surface area contributed by atoms with Gasteiger partial charge in [-0.1, -0.05) is 82.3 Å². The van der Waals surface area contributed by atoms with E-state index in [0.29, 0.717) is 63.6 Å². The van der Waals surface area contributed by atoms with Gasteiger partial charge in [-0.25, -0.2) is 13.8 Å².